The van der Waals surface area contributed by atoms with Crippen LogP contribution >= 0.6 is 22.9 Å². The van der Waals surface area contributed by atoms with Gasteiger partial charge in [0.1, 0.15) is 0 Å². The van der Waals surface area contributed by atoms with E-state index in [1.807, 2.05) is 32.0 Å². The van der Waals surface area contributed by atoms with E-state index in [0.717, 1.165) is 22.0 Å². The minimum absolute atomic E-state index is 0.739. The number of hydrogen-bond acceptors (Lipinski definition) is 3. The van der Waals surface area contributed by atoms with E-state index < -0.39 is 0 Å². The molecular weight excluding hydrogens is 300 g/mol. The van der Waals surface area contributed by atoms with Crippen molar-refractivity contribution in [1.29, 1.82) is 0 Å². The van der Waals surface area contributed by atoms with Crippen LogP contribution in [0.3, 0.4) is 0 Å². The molecule has 1 heterocycles. The van der Waals surface area contributed by atoms with Crippen LogP contribution in [0.15, 0.2) is 53.6 Å². The number of anilines is 1. The summed E-state index contributed by atoms with van der Waals surface area (Å²) in [6.07, 6.45) is 0. The van der Waals surface area contributed by atoms with Crippen molar-refractivity contribution in [3.05, 3.63) is 64.0 Å². The molecule has 0 fully saturated rings. The Kier molecular flexibility index (Phi) is 3.95. The summed E-state index contributed by atoms with van der Waals surface area (Å²) >= 11 is 7.71. The smallest absolute Gasteiger partial charge is 0.0748 e. The van der Waals surface area contributed by atoms with Gasteiger partial charge in [0.2, 0.25) is 0 Å². The van der Waals surface area contributed by atoms with Gasteiger partial charge in [-0.25, -0.2) is 0 Å². The molecule has 0 atom stereocenters. The first-order valence-electron chi connectivity index (χ1n) is 6.69. The number of aryl methyl sites for hydroxylation is 1. The van der Waals surface area contributed by atoms with Gasteiger partial charge in [0.05, 0.1) is 16.3 Å². The van der Waals surface area contributed by atoms with Gasteiger partial charge in [0.15, 0.2) is 0 Å². The maximum Gasteiger partial charge on any atom is 0.0748 e. The molecule has 0 aliphatic heterocycles. The van der Waals surface area contributed by atoms with Gasteiger partial charge in [0, 0.05) is 9.72 Å². The molecule has 2 nitrogen and oxygen atoms in total. The Morgan fingerprint density at radius 1 is 1.14 bits per heavy atom. The topological polar surface area (TPSA) is 24.4 Å². The van der Waals surface area contributed by atoms with Gasteiger partial charge in [0.25, 0.3) is 0 Å². The molecule has 3 aromatic rings. The molecule has 106 valence electrons. The van der Waals surface area contributed by atoms with Crippen molar-refractivity contribution < 1.29 is 0 Å². The van der Waals surface area contributed by atoms with E-state index >= 15 is 0 Å². The molecule has 4 heteroatoms. The normalized spacial score (nSPS) is 11.9. The zero-order chi connectivity index (χ0) is 14.8. The zero-order valence-electron chi connectivity index (χ0n) is 11.9. The number of fused-ring (bicyclic) bond motifs is 1. The molecule has 21 heavy (non-hydrogen) atoms. The summed E-state index contributed by atoms with van der Waals surface area (Å²) in [4.78, 5) is 1.18. The highest BCUT2D eigenvalue weighted by atomic mass is 35.5. The second kappa shape index (κ2) is 5.88. The minimum Gasteiger partial charge on any atom is -0.278 e. The van der Waals surface area contributed by atoms with Crippen LogP contribution in [0.25, 0.3) is 10.1 Å². The van der Waals surface area contributed by atoms with E-state index in [1.165, 1.54) is 15.0 Å². The highest BCUT2D eigenvalue weighted by Crippen LogP contribution is 2.26. The van der Waals surface area contributed by atoms with Gasteiger partial charge in [-0.15, -0.1) is 11.3 Å². The first-order chi connectivity index (χ1) is 10.1. The molecule has 0 radical (unpaired) electrons. The van der Waals surface area contributed by atoms with Crippen molar-refractivity contribution in [1.82, 2.24) is 0 Å². The van der Waals surface area contributed by atoms with E-state index in [-0.39, 0.29) is 0 Å². The molecule has 0 saturated carbocycles. The summed E-state index contributed by atoms with van der Waals surface area (Å²) in [7, 11) is 0. The lowest BCUT2D eigenvalue weighted by Gasteiger charge is -2.06. The van der Waals surface area contributed by atoms with Crippen molar-refractivity contribution in [2.45, 2.75) is 13.8 Å². The monoisotopic (exact) mass is 314 g/mol. The Morgan fingerprint density at radius 3 is 2.71 bits per heavy atom. The molecule has 0 unspecified atom stereocenters. The van der Waals surface area contributed by atoms with Gasteiger partial charge in [-0.1, -0.05) is 29.8 Å². The molecule has 3 rings (SSSR count). The lowest BCUT2D eigenvalue weighted by Crippen LogP contribution is -1.98. The number of thiophene rings is 1. The molecule has 0 aliphatic carbocycles. The second-order valence-electron chi connectivity index (χ2n) is 4.92. The van der Waals surface area contributed by atoms with Crippen molar-refractivity contribution in [2.75, 3.05) is 5.43 Å². The van der Waals surface area contributed by atoms with Crippen molar-refractivity contribution in [2.24, 2.45) is 5.10 Å². The molecule has 2 aromatic carbocycles. The summed E-state index contributed by atoms with van der Waals surface area (Å²) in [5.41, 5.74) is 6.15. The summed E-state index contributed by atoms with van der Waals surface area (Å²) in [6, 6.07) is 16.3. The average molecular weight is 315 g/mol. The predicted molar refractivity (Wildman–Crippen MR) is 93.8 cm³/mol. The summed E-state index contributed by atoms with van der Waals surface area (Å²) in [6.45, 7) is 4.03. The van der Waals surface area contributed by atoms with Crippen LogP contribution in [0.2, 0.25) is 5.02 Å². The number of hydrogen-bond donors (Lipinski definition) is 1. The first kappa shape index (κ1) is 14.1. The number of nitrogens with one attached hydrogen (secondary N) is 1. The van der Waals surface area contributed by atoms with Crippen molar-refractivity contribution >= 4 is 44.4 Å². The van der Waals surface area contributed by atoms with E-state index in [2.05, 4.69) is 40.9 Å². The van der Waals surface area contributed by atoms with Crippen molar-refractivity contribution in [3.8, 4) is 0 Å². The van der Waals surface area contributed by atoms with Crippen LogP contribution < -0.4 is 5.43 Å². The Balaban J connectivity index is 1.85. The molecule has 1 aromatic heterocycles. The number of rotatable bonds is 3. The molecule has 0 bridgehead atoms. The fraction of sp³-hybridized carbons (Fsp3) is 0.118. The predicted octanol–water partition coefficient (Wildman–Crippen LogP) is 5.70. The van der Waals surface area contributed by atoms with Gasteiger partial charge in [-0.05, 0) is 55.1 Å². The molecule has 0 aliphatic rings. The quantitative estimate of drug-likeness (QED) is 0.486. The van der Waals surface area contributed by atoms with Crippen LogP contribution in [0.4, 0.5) is 5.69 Å². The first-order valence-corrected chi connectivity index (χ1v) is 7.88. The maximum atomic E-state index is 5.96. The molecule has 0 amide bonds. The molecule has 0 spiro atoms. The largest absolute Gasteiger partial charge is 0.278 e. The Hall–Kier alpha value is -1.84. The SMILES string of the molecule is C/C(=N\Nc1ccc(Cl)cc1C)c1cc2ccccc2s1. The standard InChI is InChI=1S/C17H15ClN2S/c1-11-9-14(18)7-8-15(11)20-19-12(2)17-10-13-5-3-4-6-16(13)21-17/h3-10,20H,1-2H3/b19-12+. The Bertz CT molecular complexity index is 788. The third-order valence-electron chi connectivity index (χ3n) is 3.31. The lowest BCUT2D eigenvalue weighted by atomic mass is 10.2. The number of hydrazone groups is 1. The van der Waals surface area contributed by atoms with Crippen LogP contribution in [0.5, 0.6) is 0 Å². The fourth-order valence-corrected chi connectivity index (χ4v) is 3.35. The number of halogens is 1. The third kappa shape index (κ3) is 3.09. The van der Waals surface area contributed by atoms with Crippen LogP contribution in [-0.2, 0) is 0 Å². The minimum atomic E-state index is 0.739. The maximum absolute atomic E-state index is 5.96. The van der Waals surface area contributed by atoms with E-state index in [0.29, 0.717) is 0 Å². The summed E-state index contributed by atoms with van der Waals surface area (Å²) in [5, 5.41) is 6.48. The number of benzene rings is 2. The van der Waals surface area contributed by atoms with Gasteiger partial charge >= 0.3 is 0 Å². The molecule has 0 saturated heterocycles. The van der Waals surface area contributed by atoms with E-state index in [4.69, 9.17) is 11.6 Å². The van der Waals surface area contributed by atoms with Gasteiger partial charge in [-0.2, -0.15) is 5.10 Å². The van der Waals surface area contributed by atoms with E-state index in [1.54, 1.807) is 11.3 Å². The highest BCUT2D eigenvalue weighted by molar-refractivity contribution is 7.20. The summed E-state index contributed by atoms with van der Waals surface area (Å²) in [5.74, 6) is 0. The lowest BCUT2D eigenvalue weighted by molar-refractivity contribution is 1.29. The van der Waals surface area contributed by atoms with Crippen LogP contribution in [0.1, 0.15) is 17.4 Å². The van der Waals surface area contributed by atoms with Crippen molar-refractivity contribution in [3.63, 3.8) is 0 Å². The van der Waals surface area contributed by atoms with Crippen LogP contribution in [0, 0.1) is 6.92 Å². The Labute approximate surface area is 133 Å². The average Bonchev–Trinajstić information content (AvgIpc) is 2.90. The third-order valence-corrected chi connectivity index (χ3v) is 4.77. The van der Waals surface area contributed by atoms with Crippen LogP contribution in [-0.4, -0.2) is 5.71 Å². The fourth-order valence-electron chi connectivity index (χ4n) is 2.11. The van der Waals surface area contributed by atoms with Gasteiger partial charge < -0.3 is 0 Å². The zero-order valence-corrected chi connectivity index (χ0v) is 13.4. The highest BCUT2D eigenvalue weighted by Gasteiger charge is 2.04. The number of nitrogens with zero attached hydrogens (tertiary/aromatic N) is 1. The molecule has 1 N–H and O–H groups in total. The Morgan fingerprint density at radius 2 is 1.95 bits per heavy atom. The van der Waals surface area contributed by atoms with E-state index in [9.17, 15) is 0 Å². The second-order valence-corrected chi connectivity index (χ2v) is 6.44. The summed E-state index contributed by atoms with van der Waals surface area (Å²) < 4.78 is 1.28. The molecular formula is C17H15ClN2S. The van der Waals surface area contributed by atoms with Gasteiger partial charge in [-0.3, -0.25) is 5.43 Å².